The van der Waals surface area contributed by atoms with Crippen LogP contribution < -0.4 is 0 Å². The lowest BCUT2D eigenvalue weighted by Gasteiger charge is -2.48. The number of likely N-dealkylation sites (tertiary alicyclic amines) is 2. The second-order valence-corrected chi connectivity index (χ2v) is 6.93. The molecule has 2 aliphatic rings. The van der Waals surface area contributed by atoms with Crippen LogP contribution in [0, 0.1) is 5.41 Å². The van der Waals surface area contributed by atoms with Crippen LogP contribution in [0.3, 0.4) is 0 Å². The van der Waals surface area contributed by atoms with E-state index in [2.05, 4.69) is 4.98 Å². The second-order valence-electron chi connectivity index (χ2n) is 6.93. The van der Waals surface area contributed by atoms with Gasteiger partial charge in [-0.15, -0.1) is 0 Å². The number of H-pyrrole nitrogens is 1. The highest BCUT2D eigenvalue weighted by Gasteiger charge is 2.43. The van der Waals surface area contributed by atoms with E-state index >= 15 is 0 Å². The molecule has 2 fully saturated rings. The largest absolute Gasteiger partial charge is 0.480 e. The third-order valence-corrected chi connectivity index (χ3v) is 5.48. The van der Waals surface area contributed by atoms with Crippen LogP contribution in [0.25, 0.3) is 0 Å². The Hall–Kier alpha value is -2.31. The molecule has 1 aromatic heterocycles. The van der Waals surface area contributed by atoms with Crippen molar-refractivity contribution in [2.75, 3.05) is 19.6 Å². The Balaban J connectivity index is 1.65. The Bertz CT molecular complexity index is 632. The van der Waals surface area contributed by atoms with Crippen molar-refractivity contribution >= 4 is 17.8 Å². The van der Waals surface area contributed by atoms with Crippen LogP contribution in [0.15, 0.2) is 18.5 Å². The molecule has 3 heterocycles. The number of piperidine rings is 2. The van der Waals surface area contributed by atoms with Gasteiger partial charge < -0.3 is 19.9 Å². The van der Waals surface area contributed by atoms with Crippen molar-refractivity contribution in [1.82, 2.24) is 14.8 Å². The van der Waals surface area contributed by atoms with Gasteiger partial charge in [0.05, 0.1) is 5.56 Å². The van der Waals surface area contributed by atoms with Gasteiger partial charge >= 0.3 is 5.97 Å². The molecule has 1 aromatic rings. The number of rotatable bonds is 3. The maximum Gasteiger partial charge on any atom is 0.326 e. The summed E-state index contributed by atoms with van der Waals surface area (Å²) in [6.45, 7) is 3.33. The fourth-order valence-corrected chi connectivity index (χ4v) is 3.76. The third kappa shape index (κ3) is 3.02. The number of hydrogen-bond acceptors (Lipinski definition) is 3. The molecule has 0 saturated carbocycles. The van der Waals surface area contributed by atoms with Gasteiger partial charge in [-0.25, -0.2) is 4.79 Å². The summed E-state index contributed by atoms with van der Waals surface area (Å²) in [6, 6.07) is 0.969. The first kappa shape index (κ1) is 16.5. The summed E-state index contributed by atoms with van der Waals surface area (Å²) in [6.07, 6.45) is 6.21. The van der Waals surface area contributed by atoms with Gasteiger partial charge in [0.2, 0.25) is 5.91 Å². The fraction of sp³-hybridized carbons (Fsp3) is 0.588. The Morgan fingerprint density at radius 2 is 2.00 bits per heavy atom. The zero-order valence-electron chi connectivity index (χ0n) is 13.8. The van der Waals surface area contributed by atoms with Crippen molar-refractivity contribution < 1.29 is 19.5 Å². The summed E-state index contributed by atoms with van der Waals surface area (Å²) in [4.78, 5) is 42.0. The highest BCUT2D eigenvalue weighted by Crippen LogP contribution is 2.41. The topological polar surface area (TPSA) is 93.7 Å². The summed E-state index contributed by atoms with van der Waals surface area (Å²) in [5.41, 5.74) is 0.595. The number of nitrogens with zero attached hydrogens (tertiary/aromatic N) is 2. The molecule has 2 aliphatic heterocycles. The SMILES string of the molecule is CC(C(=O)O)N1CC2(CCC1=O)CCN(C(=O)c1cc[nH]c1)CC2. The number of carbonyl (C=O) groups is 3. The van der Waals surface area contributed by atoms with Crippen LogP contribution in [-0.4, -0.2) is 63.4 Å². The van der Waals surface area contributed by atoms with Crippen LogP contribution in [0.5, 0.6) is 0 Å². The standard InChI is InChI=1S/C17H23N3O4/c1-12(16(23)24)20-11-17(4-2-14(20)21)5-8-19(9-6-17)15(22)13-3-7-18-10-13/h3,7,10,12,18H,2,4-6,8-9,11H2,1H3,(H,23,24). The molecular weight excluding hydrogens is 310 g/mol. The lowest BCUT2D eigenvalue weighted by Crippen LogP contribution is -2.55. The van der Waals surface area contributed by atoms with E-state index in [4.69, 9.17) is 0 Å². The van der Waals surface area contributed by atoms with Crippen molar-refractivity contribution in [3.05, 3.63) is 24.0 Å². The molecule has 0 bridgehead atoms. The Morgan fingerprint density at radius 1 is 1.29 bits per heavy atom. The molecule has 24 heavy (non-hydrogen) atoms. The Morgan fingerprint density at radius 3 is 2.58 bits per heavy atom. The van der Waals surface area contributed by atoms with Crippen LogP contribution >= 0.6 is 0 Å². The molecule has 1 atom stereocenters. The van der Waals surface area contributed by atoms with Gasteiger partial charge in [-0.05, 0) is 37.7 Å². The Kier molecular flexibility index (Phi) is 4.34. The molecule has 130 valence electrons. The number of nitrogens with one attached hydrogen (secondary N) is 1. The van der Waals surface area contributed by atoms with Crippen LogP contribution in [0.1, 0.15) is 43.0 Å². The molecule has 2 N–H and O–H groups in total. The molecule has 7 heteroatoms. The molecule has 0 aromatic carbocycles. The zero-order chi connectivity index (χ0) is 17.3. The molecule has 3 rings (SSSR count). The predicted molar refractivity (Wildman–Crippen MR) is 86.4 cm³/mol. The van der Waals surface area contributed by atoms with Crippen molar-refractivity contribution in [1.29, 1.82) is 0 Å². The lowest BCUT2D eigenvalue weighted by atomic mass is 9.72. The average molecular weight is 333 g/mol. The van der Waals surface area contributed by atoms with Gasteiger partial charge in [0.25, 0.3) is 5.91 Å². The molecule has 7 nitrogen and oxygen atoms in total. The van der Waals surface area contributed by atoms with Crippen LogP contribution in [0.4, 0.5) is 0 Å². The van der Waals surface area contributed by atoms with E-state index in [1.807, 2.05) is 4.90 Å². The number of amides is 2. The number of carboxylic acid groups (broad SMARTS) is 1. The number of aromatic nitrogens is 1. The van der Waals surface area contributed by atoms with Gasteiger partial charge in [-0.2, -0.15) is 0 Å². The molecule has 0 aliphatic carbocycles. The van der Waals surface area contributed by atoms with E-state index in [1.54, 1.807) is 25.4 Å². The van der Waals surface area contributed by atoms with Crippen molar-refractivity contribution in [2.45, 2.75) is 38.6 Å². The minimum atomic E-state index is -0.972. The van der Waals surface area contributed by atoms with Gasteiger partial charge in [0, 0.05) is 38.4 Å². The normalized spacial score (nSPS) is 21.8. The van der Waals surface area contributed by atoms with E-state index in [9.17, 15) is 19.5 Å². The Labute approximate surface area is 140 Å². The van der Waals surface area contributed by atoms with Crippen molar-refractivity contribution in [3.8, 4) is 0 Å². The van der Waals surface area contributed by atoms with Crippen molar-refractivity contribution in [2.24, 2.45) is 5.41 Å². The quantitative estimate of drug-likeness (QED) is 0.873. The average Bonchev–Trinajstić information content (AvgIpc) is 3.11. The van der Waals surface area contributed by atoms with E-state index in [-0.39, 0.29) is 17.2 Å². The molecule has 1 unspecified atom stereocenters. The first-order valence-corrected chi connectivity index (χ1v) is 8.36. The van der Waals surface area contributed by atoms with Gasteiger partial charge in [-0.1, -0.05) is 0 Å². The number of aromatic amines is 1. The summed E-state index contributed by atoms with van der Waals surface area (Å²) in [7, 11) is 0. The molecular formula is C17H23N3O4. The number of hydrogen-bond donors (Lipinski definition) is 2. The molecule has 1 spiro atoms. The van der Waals surface area contributed by atoms with E-state index in [0.717, 1.165) is 19.3 Å². The summed E-state index contributed by atoms with van der Waals surface area (Å²) in [5.74, 6) is -1.03. The van der Waals surface area contributed by atoms with Gasteiger partial charge in [-0.3, -0.25) is 9.59 Å². The molecule has 2 saturated heterocycles. The first-order valence-electron chi connectivity index (χ1n) is 8.36. The highest BCUT2D eigenvalue weighted by molar-refractivity contribution is 5.94. The maximum absolute atomic E-state index is 12.4. The van der Waals surface area contributed by atoms with Gasteiger partial charge in [0.1, 0.15) is 6.04 Å². The van der Waals surface area contributed by atoms with Gasteiger partial charge in [0.15, 0.2) is 0 Å². The first-order chi connectivity index (χ1) is 11.4. The fourth-order valence-electron chi connectivity index (χ4n) is 3.76. The molecule has 2 amide bonds. The highest BCUT2D eigenvalue weighted by atomic mass is 16.4. The lowest BCUT2D eigenvalue weighted by molar-refractivity contribution is -0.154. The summed E-state index contributed by atoms with van der Waals surface area (Å²) >= 11 is 0. The third-order valence-electron chi connectivity index (χ3n) is 5.48. The second kappa shape index (κ2) is 6.30. The monoisotopic (exact) mass is 333 g/mol. The number of carbonyl (C=O) groups excluding carboxylic acids is 2. The van der Waals surface area contributed by atoms with Crippen molar-refractivity contribution in [3.63, 3.8) is 0 Å². The minimum absolute atomic E-state index is 0.0220. The predicted octanol–water partition coefficient (Wildman–Crippen LogP) is 1.33. The van der Waals surface area contributed by atoms with Crippen LogP contribution in [-0.2, 0) is 9.59 Å². The molecule has 0 radical (unpaired) electrons. The maximum atomic E-state index is 12.4. The number of aliphatic carboxylic acids is 1. The van der Waals surface area contributed by atoms with E-state index in [0.29, 0.717) is 31.6 Å². The smallest absolute Gasteiger partial charge is 0.326 e. The minimum Gasteiger partial charge on any atom is -0.480 e. The zero-order valence-corrected chi connectivity index (χ0v) is 13.8. The van der Waals surface area contributed by atoms with E-state index < -0.39 is 12.0 Å². The van der Waals surface area contributed by atoms with E-state index in [1.165, 1.54) is 4.90 Å². The summed E-state index contributed by atoms with van der Waals surface area (Å²) < 4.78 is 0. The summed E-state index contributed by atoms with van der Waals surface area (Å²) in [5, 5.41) is 9.21. The number of carboxylic acids is 1. The van der Waals surface area contributed by atoms with Crippen LogP contribution in [0.2, 0.25) is 0 Å².